The van der Waals surface area contributed by atoms with Crippen LogP contribution < -0.4 is 10.3 Å². The third-order valence-corrected chi connectivity index (χ3v) is 4.35. The fraction of sp³-hybridized carbons (Fsp3) is 0.250. The standard InChI is InChI=1S/C20H20ClN3O3/c1-13(2)24(19(25)12-27-15-9-7-14(21)8-10-15)11-18-22-17-6-4-3-5-16(17)20(26)23-18/h3-10,13H,11-12H2,1-2H3,(H,22,23,26). The van der Waals surface area contributed by atoms with E-state index in [2.05, 4.69) is 9.97 Å². The fourth-order valence-corrected chi connectivity index (χ4v) is 2.81. The van der Waals surface area contributed by atoms with Crippen molar-refractivity contribution >= 4 is 28.4 Å². The quantitative estimate of drug-likeness (QED) is 0.705. The van der Waals surface area contributed by atoms with Crippen LogP contribution in [-0.2, 0) is 11.3 Å². The maximum atomic E-state index is 12.6. The van der Waals surface area contributed by atoms with Gasteiger partial charge in [0.05, 0.1) is 17.4 Å². The molecule has 27 heavy (non-hydrogen) atoms. The molecule has 3 aromatic rings. The number of aromatic nitrogens is 2. The number of carbonyl (C=O) groups is 1. The Morgan fingerprint density at radius 1 is 1.19 bits per heavy atom. The molecule has 1 aromatic heterocycles. The van der Waals surface area contributed by atoms with Crippen molar-refractivity contribution in [2.45, 2.75) is 26.4 Å². The summed E-state index contributed by atoms with van der Waals surface area (Å²) in [5, 5.41) is 1.12. The van der Waals surface area contributed by atoms with Gasteiger partial charge in [0.25, 0.3) is 11.5 Å². The van der Waals surface area contributed by atoms with Gasteiger partial charge in [-0.2, -0.15) is 0 Å². The smallest absolute Gasteiger partial charge is 0.261 e. The number of H-pyrrole nitrogens is 1. The maximum absolute atomic E-state index is 12.6. The number of ether oxygens (including phenoxy) is 1. The van der Waals surface area contributed by atoms with Crippen LogP contribution >= 0.6 is 11.6 Å². The molecular formula is C20H20ClN3O3. The zero-order valence-corrected chi connectivity index (χ0v) is 15.9. The maximum Gasteiger partial charge on any atom is 0.261 e. The molecule has 140 valence electrons. The first-order chi connectivity index (χ1) is 12.9. The van der Waals surface area contributed by atoms with E-state index in [4.69, 9.17) is 16.3 Å². The molecule has 0 atom stereocenters. The predicted molar refractivity (Wildman–Crippen MR) is 105 cm³/mol. The molecule has 6 nitrogen and oxygen atoms in total. The van der Waals surface area contributed by atoms with E-state index in [1.807, 2.05) is 19.9 Å². The lowest BCUT2D eigenvalue weighted by Gasteiger charge is -2.26. The predicted octanol–water partition coefficient (Wildman–Crippen LogP) is 3.39. The minimum atomic E-state index is -0.218. The van der Waals surface area contributed by atoms with Gasteiger partial charge in [-0.25, -0.2) is 4.98 Å². The molecule has 1 N–H and O–H groups in total. The van der Waals surface area contributed by atoms with Crippen LogP contribution in [0.1, 0.15) is 19.7 Å². The monoisotopic (exact) mass is 385 g/mol. The zero-order chi connectivity index (χ0) is 19.4. The van der Waals surface area contributed by atoms with Crippen LogP contribution in [0.3, 0.4) is 0 Å². The second-order valence-corrected chi connectivity index (χ2v) is 6.82. The molecule has 0 radical (unpaired) electrons. The summed E-state index contributed by atoms with van der Waals surface area (Å²) in [5.41, 5.74) is 0.383. The van der Waals surface area contributed by atoms with E-state index >= 15 is 0 Å². The van der Waals surface area contributed by atoms with Crippen LogP contribution in [0.4, 0.5) is 0 Å². The first-order valence-corrected chi connectivity index (χ1v) is 8.97. The molecule has 0 spiro atoms. The summed E-state index contributed by atoms with van der Waals surface area (Å²) in [5.74, 6) is 0.802. The Bertz CT molecular complexity index is 999. The van der Waals surface area contributed by atoms with Gasteiger partial charge in [0.2, 0.25) is 0 Å². The van der Waals surface area contributed by atoms with Gasteiger partial charge in [0.15, 0.2) is 6.61 Å². The highest BCUT2D eigenvalue weighted by molar-refractivity contribution is 6.30. The number of aromatic amines is 1. The summed E-state index contributed by atoms with van der Waals surface area (Å²) in [6.45, 7) is 3.89. The van der Waals surface area contributed by atoms with E-state index in [0.717, 1.165) is 0 Å². The van der Waals surface area contributed by atoms with Crippen molar-refractivity contribution in [1.29, 1.82) is 0 Å². The number of carbonyl (C=O) groups excluding carboxylic acids is 1. The molecular weight excluding hydrogens is 366 g/mol. The van der Waals surface area contributed by atoms with E-state index in [0.29, 0.717) is 27.5 Å². The van der Waals surface area contributed by atoms with E-state index in [-0.39, 0.29) is 30.7 Å². The number of amides is 1. The van der Waals surface area contributed by atoms with Crippen molar-refractivity contribution in [2.24, 2.45) is 0 Å². The molecule has 0 saturated carbocycles. The Labute approximate surface area is 161 Å². The number of rotatable bonds is 6. The second kappa shape index (κ2) is 8.22. The van der Waals surface area contributed by atoms with Crippen LogP contribution in [0.5, 0.6) is 5.75 Å². The van der Waals surface area contributed by atoms with Crippen molar-refractivity contribution in [3.63, 3.8) is 0 Å². The highest BCUT2D eigenvalue weighted by Crippen LogP contribution is 2.16. The number of para-hydroxylation sites is 1. The van der Waals surface area contributed by atoms with Crippen molar-refractivity contribution in [1.82, 2.24) is 14.9 Å². The highest BCUT2D eigenvalue weighted by atomic mass is 35.5. The number of halogens is 1. The van der Waals surface area contributed by atoms with Gasteiger partial charge in [-0.3, -0.25) is 9.59 Å². The van der Waals surface area contributed by atoms with Gasteiger partial charge in [-0.05, 0) is 50.2 Å². The lowest BCUT2D eigenvalue weighted by molar-refractivity contribution is -0.135. The molecule has 0 fully saturated rings. The van der Waals surface area contributed by atoms with Crippen LogP contribution in [-0.4, -0.2) is 33.4 Å². The molecule has 0 aliphatic carbocycles. The Morgan fingerprint density at radius 3 is 2.59 bits per heavy atom. The van der Waals surface area contributed by atoms with Gasteiger partial charge in [0, 0.05) is 11.1 Å². The molecule has 0 unspecified atom stereocenters. The van der Waals surface area contributed by atoms with E-state index in [1.54, 1.807) is 47.4 Å². The molecule has 3 rings (SSSR count). The van der Waals surface area contributed by atoms with E-state index < -0.39 is 0 Å². The largest absolute Gasteiger partial charge is 0.484 e. The number of benzene rings is 2. The molecule has 0 aliphatic heterocycles. The van der Waals surface area contributed by atoms with Gasteiger partial charge >= 0.3 is 0 Å². The first kappa shape index (κ1) is 18.9. The Kier molecular flexibility index (Phi) is 5.76. The van der Waals surface area contributed by atoms with Crippen LogP contribution in [0.25, 0.3) is 10.9 Å². The molecule has 0 bridgehead atoms. The minimum Gasteiger partial charge on any atom is -0.484 e. The molecule has 1 heterocycles. The number of fused-ring (bicyclic) bond motifs is 1. The zero-order valence-electron chi connectivity index (χ0n) is 15.1. The fourth-order valence-electron chi connectivity index (χ4n) is 2.69. The van der Waals surface area contributed by atoms with Crippen molar-refractivity contribution < 1.29 is 9.53 Å². The molecule has 2 aromatic carbocycles. The third kappa shape index (κ3) is 4.65. The number of hydrogen-bond donors (Lipinski definition) is 1. The number of nitrogens with one attached hydrogen (secondary N) is 1. The summed E-state index contributed by atoms with van der Waals surface area (Å²) < 4.78 is 5.54. The average molecular weight is 386 g/mol. The van der Waals surface area contributed by atoms with Crippen LogP contribution in [0, 0.1) is 0 Å². The normalized spacial score (nSPS) is 11.0. The van der Waals surface area contributed by atoms with Crippen LogP contribution in [0.15, 0.2) is 53.3 Å². The molecule has 0 aliphatic rings. The SMILES string of the molecule is CC(C)N(Cc1nc2ccccc2c(=O)[nH]1)C(=O)COc1ccc(Cl)cc1. The van der Waals surface area contributed by atoms with Gasteiger partial charge in [-0.15, -0.1) is 0 Å². The van der Waals surface area contributed by atoms with Gasteiger partial charge in [-0.1, -0.05) is 23.7 Å². The molecule has 1 amide bonds. The summed E-state index contributed by atoms with van der Waals surface area (Å²) in [7, 11) is 0. The van der Waals surface area contributed by atoms with E-state index in [9.17, 15) is 9.59 Å². The minimum absolute atomic E-state index is 0.0805. The summed E-state index contributed by atoms with van der Waals surface area (Å²) in [6.07, 6.45) is 0. The number of hydrogen-bond acceptors (Lipinski definition) is 4. The summed E-state index contributed by atoms with van der Waals surface area (Å²) >= 11 is 5.84. The highest BCUT2D eigenvalue weighted by Gasteiger charge is 2.19. The average Bonchev–Trinajstić information content (AvgIpc) is 2.65. The lowest BCUT2D eigenvalue weighted by Crippen LogP contribution is -2.40. The second-order valence-electron chi connectivity index (χ2n) is 6.39. The molecule has 0 saturated heterocycles. The van der Waals surface area contributed by atoms with Gasteiger partial charge < -0.3 is 14.6 Å². The Balaban J connectivity index is 1.74. The topological polar surface area (TPSA) is 75.3 Å². The van der Waals surface area contributed by atoms with Crippen molar-refractivity contribution in [3.05, 3.63) is 69.7 Å². The number of nitrogens with zero attached hydrogens (tertiary/aromatic N) is 2. The Hall–Kier alpha value is -2.86. The third-order valence-electron chi connectivity index (χ3n) is 4.10. The van der Waals surface area contributed by atoms with Crippen molar-refractivity contribution in [2.75, 3.05) is 6.61 Å². The summed E-state index contributed by atoms with van der Waals surface area (Å²) in [6, 6.07) is 13.8. The van der Waals surface area contributed by atoms with Crippen LogP contribution in [0.2, 0.25) is 5.02 Å². The summed E-state index contributed by atoms with van der Waals surface area (Å²) in [4.78, 5) is 33.7. The Morgan fingerprint density at radius 2 is 1.89 bits per heavy atom. The first-order valence-electron chi connectivity index (χ1n) is 8.60. The van der Waals surface area contributed by atoms with Gasteiger partial charge in [0.1, 0.15) is 11.6 Å². The van der Waals surface area contributed by atoms with Crippen molar-refractivity contribution in [3.8, 4) is 5.75 Å². The lowest BCUT2D eigenvalue weighted by atomic mass is 10.2. The van der Waals surface area contributed by atoms with E-state index in [1.165, 1.54) is 0 Å². The molecule has 7 heteroatoms.